The lowest BCUT2D eigenvalue weighted by atomic mass is 10.1. The molecule has 18 heavy (non-hydrogen) atoms. The van der Waals surface area contributed by atoms with Crippen molar-refractivity contribution in [1.82, 2.24) is 4.98 Å². The minimum Gasteiger partial charge on any atom is -0.469 e. The van der Waals surface area contributed by atoms with E-state index in [1.54, 1.807) is 12.3 Å². The minimum atomic E-state index is -0.107. The highest BCUT2D eigenvalue weighted by Gasteiger charge is 2.12. The summed E-state index contributed by atoms with van der Waals surface area (Å²) in [6, 6.07) is 11.7. The molecule has 3 nitrogen and oxygen atoms in total. The van der Waals surface area contributed by atoms with Crippen LogP contribution in [0.15, 0.2) is 42.6 Å². The minimum absolute atomic E-state index is 0.107. The van der Waals surface area contributed by atoms with Crippen molar-refractivity contribution in [2.75, 3.05) is 0 Å². The van der Waals surface area contributed by atoms with Crippen molar-refractivity contribution in [3.63, 3.8) is 0 Å². The summed E-state index contributed by atoms with van der Waals surface area (Å²) in [5.74, 6) is 0.427. The van der Waals surface area contributed by atoms with Crippen LogP contribution in [-0.2, 0) is 6.54 Å². The standard InChI is InChI=1S/C14H15ClN2O/c1-10(11-5-3-2-4-6-11)18-14-13(15)12(9-16)7-8-17-14/h2-8,10H,9,16H2,1H3. The van der Waals surface area contributed by atoms with Crippen molar-refractivity contribution >= 4 is 11.6 Å². The van der Waals surface area contributed by atoms with Gasteiger partial charge in [-0.3, -0.25) is 0 Å². The Morgan fingerprint density at radius 3 is 2.67 bits per heavy atom. The molecule has 1 aromatic carbocycles. The van der Waals surface area contributed by atoms with Gasteiger partial charge in [0.25, 0.3) is 0 Å². The summed E-state index contributed by atoms with van der Waals surface area (Å²) >= 11 is 6.17. The normalized spacial score (nSPS) is 12.2. The van der Waals surface area contributed by atoms with Crippen LogP contribution in [0.4, 0.5) is 0 Å². The Morgan fingerprint density at radius 2 is 2.00 bits per heavy atom. The van der Waals surface area contributed by atoms with E-state index in [9.17, 15) is 0 Å². The van der Waals surface area contributed by atoms with Crippen molar-refractivity contribution in [3.05, 3.63) is 58.7 Å². The largest absolute Gasteiger partial charge is 0.469 e. The van der Waals surface area contributed by atoms with E-state index < -0.39 is 0 Å². The molecule has 0 bridgehead atoms. The molecular formula is C14H15ClN2O. The van der Waals surface area contributed by atoms with Crippen LogP contribution in [0.25, 0.3) is 0 Å². The van der Waals surface area contributed by atoms with E-state index in [0.29, 0.717) is 17.4 Å². The average Bonchev–Trinajstić information content (AvgIpc) is 2.42. The van der Waals surface area contributed by atoms with Crippen LogP contribution in [0.3, 0.4) is 0 Å². The van der Waals surface area contributed by atoms with E-state index in [0.717, 1.165) is 11.1 Å². The molecule has 0 saturated carbocycles. The van der Waals surface area contributed by atoms with E-state index in [4.69, 9.17) is 22.1 Å². The van der Waals surface area contributed by atoms with Gasteiger partial charge in [0.2, 0.25) is 5.88 Å². The monoisotopic (exact) mass is 262 g/mol. The summed E-state index contributed by atoms with van der Waals surface area (Å²) in [6.07, 6.45) is 1.55. The molecule has 0 saturated heterocycles. The molecule has 0 amide bonds. The lowest BCUT2D eigenvalue weighted by Gasteiger charge is -2.16. The third kappa shape index (κ3) is 2.81. The number of halogens is 1. The van der Waals surface area contributed by atoms with Gasteiger partial charge in [-0.05, 0) is 24.1 Å². The molecule has 0 fully saturated rings. The molecule has 2 rings (SSSR count). The van der Waals surface area contributed by atoms with Crippen molar-refractivity contribution < 1.29 is 4.74 Å². The Kier molecular flexibility index (Phi) is 4.18. The van der Waals surface area contributed by atoms with Crippen LogP contribution in [0, 0.1) is 0 Å². The van der Waals surface area contributed by atoms with Crippen molar-refractivity contribution in [3.8, 4) is 5.88 Å². The van der Waals surface area contributed by atoms with Gasteiger partial charge in [0.1, 0.15) is 11.1 Å². The fraction of sp³-hybridized carbons (Fsp3) is 0.214. The molecule has 2 aromatic rings. The second kappa shape index (κ2) is 5.85. The number of rotatable bonds is 4. The first-order valence-electron chi connectivity index (χ1n) is 5.77. The zero-order chi connectivity index (χ0) is 13.0. The predicted octanol–water partition coefficient (Wildman–Crippen LogP) is 3.33. The zero-order valence-electron chi connectivity index (χ0n) is 10.1. The smallest absolute Gasteiger partial charge is 0.233 e. The molecule has 94 valence electrons. The number of ether oxygens (including phenoxy) is 1. The summed E-state index contributed by atoms with van der Waals surface area (Å²) < 4.78 is 5.78. The summed E-state index contributed by atoms with van der Waals surface area (Å²) in [5.41, 5.74) is 7.51. The molecule has 0 radical (unpaired) electrons. The quantitative estimate of drug-likeness (QED) is 0.919. The first kappa shape index (κ1) is 12.9. The average molecular weight is 263 g/mol. The maximum Gasteiger partial charge on any atom is 0.233 e. The van der Waals surface area contributed by atoms with Crippen molar-refractivity contribution in [2.24, 2.45) is 5.73 Å². The molecule has 0 aliphatic heterocycles. The Morgan fingerprint density at radius 1 is 1.28 bits per heavy atom. The summed E-state index contributed by atoms with van der Waals surface area (Å²) in [5, 5.41) is 0.489. The van der Waals surface area contributed by atoms with Crippen LogP contribution >= 0.6 is 11.6 Å². The van der Waals surface area contributed by atoms with Crippen LogP contribution in [0.1, 0.15) is 24.2 Å². The van der Waals surface area contributed by atoms with Gasteiger partial charge in [-0.25, -0.2) is 4.98 Å². The summed E-state index contributed by atoms with van der Waals surface area (Å²) in [4.78, 5) is 4.14. The number of nitrogens with two attached hydrogens (primary N) is 1. The topological polar surface area (TPSA) is 48.1 Å². The van der Waals surface area contributed by atoms with Gasteiger partial charge in [-0.15, -0.1) is 0 Å². The fourth-order valence-electron chi connectivity index (χ4n) is 1.66. The molecule has 1 unspecified atom stereocenters. The number of aromatic nitrogens is 1. The molecule has 1 atom stereocenters. The predicted molar refractivity (Wildman–Crippen MR) is 72.6 cm³/mol. The van der Waals surface area contributed by atoms with Gasteiger partial charge < -0.3 is 10.5 Å². The van der Waals surface area contributed by atoms with Crippen LogP contribution < -0.4 is 10.5 Å². The number of hydrogen-bond donors (Lipinski definition) is 1. The Labute approximate surface area is 112 Å². The Hall–Kier alpha value is -1.58. The lowest BCUT2D eigenvalue weighted by Crippen LogP contribution is -2.06. The van der Waals surface area contributed by atoms with Gasteiger partial charge in [0.15, 0.2) is 0 Å². The molecule has 0 spiro atoms. The van der Waals surface area contributed by atoms with E-state index in [1.807, 2.05) is 37.3 Å². The highest BCUT2D eigenvalue weighted by Crippen LogP contribution is 2.29. The number of benzene rings is 1. The third-order valence-electron chi connectivity index (χ3n) is 2.71. The van der Waals surface area contributed by atoms with Crippen LogP contribution in [0.2, 0.25) is 5.02 Å². The molecule has 0 aliphatic carbocycles. The molecule has 1 aromatic heterocycles. The molecule has 0 aliphatic rings. The van der Waals surface area contributed by atoms with E-state index in [2.05, 4.69) is 4.98 Å². The number of pyridine rings is 1. The SMILES string of the molecule is CC(Oc1nccc(CN)c1Cl)c1ccccc1. The zero-order valence-corrected chi connectivity index (χ0v) is 10.9. The number of nitrogens with zero attached hydrogens (tertiary/aromatic N) is 1. The highest BCUT2D eigenvalue weighted by molar-refractivity contribution is 6.32. The van der Waals surface area contributed by atoms with E-state index in [-0.39, 0.29) is 6.10 Å². The van der Waals surface area contributed by atoms with Gasteiger partial charge in [0.05, 0.1) is 0 Å². The van der Waals surface area contributed by atoms with Crippen molar-refractivity contribution in [2.45, 2.75) is 19.6 Å². The van der Waals surface area contributed by atoms with E-state index in [1.165, 1.54) is 0 Å². The van der Waals surface area contributed by atoms with Crippen LogP contribution in [-0.4, -0.2) is 4.98 Å². The highest BCUT2D eigenvalue weighted by atomic mass is 35.5. The van der Waals surface area contributed by atoms with Gasteiger partial charge in [-0.2, -0.15) is 0 Å². The summed E-state index contributed by atoms with van der Waals surface area (Å²) in [6.45, 7) is 2.33. The maximum absolute atomic E-state index is 6.17. The molecule has 1 heterocycles. The van der Waals surface area contributed by atoms with Gasteiger partial charge >= 0.3 is 0 Å². The maximum atomic E-state index is 6.17. The summed E-state index contributed by atoms with van der Waals surface area (Å²) in [7, 11) is 0. The second-order valence-corrected chi connectivity index (χ2v) is 4.34. The van der Waals surface area contributed by atoms with Gasteiger partial charge in [0, 0.05) is 12.7 Å². The first-order valence-corrected chi connectivity index (χ1v) is 6.15. The molecule has 4 heteroatoms. The second-order valence-electron chi connectivity index (χ2n) is 3.96. The molecular weight excluding hydrogens is 248 g/mol. The third-order valence-corrected chi connectivity index (χ3v) is 3.12. The van der Waals surface area contributed by atoms with E-state index >= 15 is 0 Å². The van der Waals surface area contributed by atoms with Crippen molar-refractivity contribution in [1.29, 1.82) is 0 Å². The number of hydrogen-bond acceptors (Lipinski definition) is 3. The lowest BCUT2D eigenvalue weighted by molar-refractivity contribution is 0.217. The Bertz CT molecular complexity index is 516. The fourth-order valence-corrected chi connectivity index (χ4v) is 1.89. The first-order chi connectivity index (χ1) is 8.72. The van der Waals surface area contributed by atoms with Crippen LogP contribution in [0.5, 0.6) is 5.88 Å². The molecule has 2 N–H and O–H groups in total. The Balaban J connectivity index is 2.19. The van der Waals surface area contributed by atoms with Gasteiger partial charge in [-0.1, -0.05) is 41.9 Å².